The third-order valence-corrected chi connectivity index (χ3v) is 1.29. The molecular formula is C7H14NNaO10. The zero-order valence-corrected chi connectivity index (χ0v) is 11.9. The molecule has 0 atom stereocenters. The maximum atomic E-state index is 10.3. The van der Waals surface area contributed by atoms with Crippen molar-refractivity contribution in [1.29, 1.82) is 0 Å². The molecule has 9 N–H and O–H groups in total. The predicted octanol–water partition coefficient (Wildman–Crippen LogP) is -3.75. The van der Waals surface area contributed by atoms with Gasteiger partial charge >= 0.3 is 53.6 Å². The maximum Gasteiger partial charge on any atom is 1.00 e. The van der Waals surface area contributed by atoms with E-state index in [2.05, 4.69) is 0 Å². The van der Waals surface area contributed by atoms with Crippen molar-refractivity contribution in [3.8, 4) is 0 Å². The van der Waals surface area contributed by atoms with E-state index in [0.717, 1.165) is 0 Å². The summed E-state index contributed by atoms with van der Waals surface area (Å²) in [6.07, 6.45) is -4.12. The van der Waals surface area contributed by atoms with Crippen molar-refractivity contribution < 1.29 is 80.8 Å². The Morgan fingerprint density at radius 2 is 1.05 bits per heavy atom. The molecule has 0 spiro atoms. The van der Waals surface area contributed by atoms with Crippen molar-refractivity contribution in [2.75, 3.05) is 0 Å². The molecule has 0 aromatic heterocycles. The Labute approximate surface area is 129 Å². The third kappa shape index (κ3) is 16.6. The van der Waals surface area contributed by atoms with Crippen LogP contribution in [0.4, 0.5) is 4.79 Å². The Hall–Kier alpha value is -1.40. The van der Waals surface area contributed by atoms with Crippen LogP contribution in [0, 0.1) is 0 Å². The first-order valence-corrected chi connectivity index (χ1v) is 3.82. The molecule has 0 bridgehead atoms. The summed E-state index contributed by atoms with van der Waals surface area (Å²) in [6.45, 7) is 0. The van der Waals surface area contributed by atoms with Gasteiger partial charge in [0, 0.05) is 0 Å². The molecule has 108 valence electrons. The fourth-order valence-electron chi connectivity index (χ4n) is 0.714. The van der Waals surface area contributed by atoms with Gasteiger partial charge in [0.05, 0.1) is 12.8 Å². The van der Waals surface area contributed by atoms with Crippen molar-refractivity contribution in [2.45, 2.75) is 18.4 Å². The van der Waals surface area contributed by atoms with Gasteiger partial charge in [0.1, 0.15) is 0 Å². The van der Waals surface area contributed by atoms with Crippen LogP contribution in [-0.2, 0) is 14.4 Å². The number of carbonyl (C=O) groups is 4. The molecule has 0 amide bonds. The van der Waals surface area contributed by atoms with Crippen LogP contribution >= 0.6 is 0 Å². The quantitative estimate of drug-likeness (QED) is 0.244. The Kier molecular flexibility index (Phi) is 16.1. The molecule has 0 aliphatic rings. The third-order valence-electron chi connectivity index (χ3n) is 1.29. The average molecular weight is 295 g/mol. The largest absolute Gasteiger partial charge is 1.00 e. The van der Waals surface area contributed by atoms with E-state index in [9.17, 15) is 14.4 Å². The van der Waals surface area contributed by atoms with Crippen LogP contribution in [0.1, 0.15) is 14.3 Å². The van der Waals surface area contributed by atoms with E-state index in [0.29, 0.717) is 0 Å². The molecule has 0 fully saturated rings. The van der Waals surface area contributed by atoms with Gasteiger partial charge < -0.3 is 38.2 Å². The first-order valence-electron chi connectivity index (χ1n) is 3.82. The minimum atomic E-state index is -2.74. The number of carboxylic acids is 3. The summed E-state index contributed by atoms with van der Waals surface area (Å²) in [7, 11) is 0. The van der Waals surface area contributed by atoms with Gasteiger partial charge in [-0.25, -0.2) is 9.59 Å². The summed E-state index contributed by atoms with van der Waals surface area (Å²) < 4.78 is 0. The van der Waals surface area contributed by atoms with Gasteiger partial charge in [-0.3, -0.25) is 9.59 Å². The minimum absolute atomic E-state index is 0. The van der Waals surface area contributed by atoms with Gasteiger partial charge in [-0.15, -0.1) is 0 Å². The van der Waals surface area contributed by atoms with Gasteiger partial charge in [-0.2, -0.15) is 0 Å². The summed E-state index contributed by atoms with van der Waals surface area (Å²) in [5, 5.41) is 47.8. The second-order valence-corrected chi connectivity index (χ2v) is 2.76. The summed E-state index contributed by atoms with van der Waals surface area (Å²) in [4.78, 5) is 39.0. The number of hydrogen-bond donors (Lipinski definition) is 7. The number of hydrogen-bond acceptors (Lipinski definition) is 6. The van der Waals surface area contributed by atoms with Crippen LogP contribution in [0.3, 0.4) is 0 Å². The van der Waals surface area contributed by atoms with Crippen LogP contribution < -0.4 is 35.7 Å². The Balaban J connectivity index is -0.0000000951. The monoisotopic (exact) mass is 295 g/mol. The van der Waals surface area contributed by atoms with Crippen molar-refractivity contribution in [3.05, 3.63) is 0 Å². The van der Waals surface area contributed by atoms with E-state index in [4.69, 9.17) is 35.4 Å². The van der Waals surface area contributed by atoms with Gasteiger partial charge in [-0.05, 0) is 0 Å². The van der Waals surface area contributed by atoms with Crippen LogP contribution in [0.15, 0.2) is 0 Å². The molecule has 11 nitrogen and oxygen atoms in total. The smallest absolute Gasteiger partial charge is 1.00 e. The predicted molar refractivity (Wildman–Crippen MR) is 53.9 cm³/mol. The van der Waals surface area contributed by atoms with Crippen LogP contribution in [0.2, 0.25) is 0 Å². The topological polar surface area (TPSA) is 225 Å². The Morgan fingerprint density at radius 1 is 0.842 bits per heavy atom. The first-order chi connectivity index (χ1) is 7.51. The van der Waals surface area contributed by atoms with E-state index in [-0.39, 0.29) is 37.1 Å². The first kappa shape index (κ1) is 26.2. The van der Waals surface area contributed by atoms with Crippen molar-refractivity contribution >= 4 is 24.1 Å². The van der Waals surface area contributed by atoms with E-state index in [1.54, 1.807) is 0 Å². The van der Waals surface area contributed by atoms with E-state index in [1.807, 2.05) is 0 Å². The van der Waals surface area contributed by atoms with Gasteiger partial charge in [0.2, 0.25) is 0 Å². The molecule has 19 heavy (non-hydrogen) atoms. The zero-order valence-electron chi connectivity index (χ0n) is 10.9. The van der Waals surface area contributed by atoms with Crippen LogP contribution in [0.5, 0.6) is 0 Å². The average Bonchev–Trinajstić information content (AvgIpc) is 1.98. The fraction of sp³-hybridized carbons (Fsp3) is 0.429. The van der Waals surface area contributed by atoms with E-state index < -0.39 is 42.5 Å². The Bertz CT molecular complexity index is 316. The van der Waals surface area contributed by atoms with Gasteiger partial charge in [0.15, 0.2) is 5.60 Å². The molecule has 0 saturated carbocycles. The molecule has 0 aromatic carbocycles. The number of rotatable bonds is 5. The van der Waals surface area contributed by atoms with E-state index in [1.165, 1.54) is 0 Å². The second kappa shape index (κ2) is 11.7. The number of aliphatic carboxylic acids is 3. The number of aliphatic hydroxyl groups is 1. The SMILES string of the molecule is N.O=C(O)CC(O)(CC(=O)O)C(=O)O.O=C(O)O.[H-].[Na+]. The van der Waals surface area contributed by atoms with Gasteiger partial charge in [-0.1, -0.05) is 0 Å². The Morgan fingerprint density at radius 3 is 1.16 bits per heavy atom. The molecule has 0 aliphatic carbocycles. The molecule has 0 aromatic rings. The minimum Gasteiger partial charge on any atom is -1.00 e. The van der Waals surface area contributed by atoms with Crippen molar-refractivity contribution in [2.24, 2.45) is 0 Å². The maximum absolute atomic E-state index is 10.3. The van der Waals surface area contributed by atoms with E-state index >= 15 is 0 Å². The van der Waals surface area contributed by atoms with Crippen LogP contribution in [-0.4, -0.2) is 60.3 Å². The summed E-state index contributed by atoms with van der Waals surface area (Å²) in [5.74, 6) is -5.02. The summed E-state index contributed by atoms with van der Waals surface area (Å²) in [6, 6.07) is 0. The second-order valence-electron chi connectivity index (χ2n) is 2.76. The summed E-state index contributed by atoms with van der Waals surface area (Å²) in [5.41, 5.74) is -2.74. The standard InChI is InChI=1S/C6H8O7.CH2O3.H3N.Na.H/c7-3(8)1-6(13,5(11)12)2-4(9)10;2-1(3)4;;;/h13H,1-2H2,(H,7,8)(H,9,10)(H,11,12);(H2,2,3,4);1H3;;/q;;;+1;-1. The molecule has 0 heterocycles. The molecule has 0 saturated heterocycles. The zero-order chi connectivity index (χ0) is 14.2. The fourth-order valence-corrected chi connectivity index (χ4v) is 0.714. The van der Waals surface area contributed by atoms with Gasteiger partial charge in [0.25, 0.3) is 0 Å². The van der Waals surface area contributed by atoms with Crippen LogP contribution in [0.25, 0.3) is 0 Å². The molecule has 0 radical (unpaired) electrons. The molecule has 0 rings (SSSR count). The summed E-state index contributed by atoms with van der Waals surface area (Å²) >= 11 is 0. The number of carboxylic acid groups (broad SMARTS) is 5. The molecular weight excluding hydrogens is 281 g/mol. The molecule has 0 unspecified atom stereocenters. The molecule has 12 heteroatoms. The van der Waals surface area contributed by atoms with Crippen molar-refractivity contribution in [3.63, 3.8) is 0 Å². The molecule has 0 aliphatic heterocycles. The van der Waals surface area contributed by atoms with Crippen molar-refractivity contribution in [1.82, 2.24) is 6.15 Å². The normalized spacial score (nSPS) is 8.68.